The lowest BCUT2D eigenvalue weighted by Gasteiger charge is -2.37. The number of aliphatic hydroxyl groups excluding tert-OH is 1. The number of aromatic nitrogens is 1. The van der Waals surface area contributed by atoms with Crippen molar-refractivity contribution in [2.24, 2.45) is 5.92 Å². The Balaban J connectivity index is 2.15. The Morgan fingerprint density at radius 3 is 2.75 bits per heavy atom. The SMILES string of the molecule is CC1CCC(CO)CN1C(=O)c1cnc(C(C)(C)C)s1. The van der Waals surface area contributed by atoms with E-state index >= 15 is 0 Å². The third kappa shape index (κ3) is 3.20. The molecule has 112 valence electrons. The molecule has 0 radical (unpaired) electrons. The number of hydrogen-bond acceptors (Lipinski definition) is 4. The van der Waals surface area contributed by atoms with E-state index in [9.17, 15) is 9.90 Å². The van der Waals surface area contributed by atoms with E-state index in [4.69, 9.17) is 0 Å². The molecular formula is C15H24N2O2S. The van der Waals surface area contributed by atoms with Gasteiger partial charge in [0.1, 0.15) is 4.88 Å². The summed E-state index contributed by atoms with van der Waals surface area (Å²) in [5, 5.41) is 10.3. The predicted molar refractivity (Wildman–Crippen MR) is 81.1 cm³/mol. The largest absolute Gasteiger partial charge is 0.396 e. The molecule has 2 heterocycles. The van der Waals surface area contributed by atoms with Crippen molar-refractivity contribution in [3.8, 4) is 0 Å². The van der Waals surface area contributed by atoms with E-state index in [1.165, 1.54) is 11.3 Å². The van der Waals surface area contributed by atoms with Crippen LogP contribution in [0.15, 0.2) is 6.20 Å². The number of hydrogen-bond donors (Lipinski definition) is 1. The Morgan fingerprint density at radius 1 is 1.50 bits per heavy atom. The normalized spacial score (nSPS) is 23.9. The summed E-state index contributed by atoms with van der Waals surface area (Å²) in [5.41, 5.74) is -0.0235. The molecule has 2 unspecified atom stereocenters. The van der Waals surface area contributed by atoms with Crippen molar-refractivity contribution in [1.29, 1.82) is 0 Å². The quantitative estimate of drug-likeness (QED) is 0.913. The minimum atomic E-state index is -0.0235. The molecular weight excluding hydrogens is 272 g/mol. The molecule has 0 spiro atoms. The molecule has 1 aromatic rings. The van der Waals surface area contributed by atoms with Gasteiger partial charge < -0.3 is 10.0 Å². The number of amides is 1. The van der Waals surface area contributed by atoms with Gasteiger partial charge in [-0.05, 0) is 25.7 Å². The molecule has 0 saturated carbocycles. The maximum Gasteiger partial charge on any atom is 0.265 e. The third-order valence-corrected chi connectivity index (χ3v) is 5.27. The lowest BCUT2D eigenvalue weighted by atomic mass is 9.94. The molecule has 1 aromatic heterocycles. The topological polar surface area (TPSA) is 53.4 Å². The number of piperidine rings is 1. The summed E-state index contributed by atoms with van der Waals surface area (Å²) >= 11 is 1.49. The van der Waals surface area contributed by atoms with Crippen molar-refractivity contribution < 1.29 is 9.90 Å². The van der Waals surface area contributed by atoms with Crippen LogP contribution in [0.3, 0.4) is 0 Å². The van der Waals surface area contributed by atoms with Gasteiger partial charge in [-0.15, -0.1) is 11.3 Å². The summed E-state index contributed by atoms with van der Waals surface area (Å²) in [7, 11) is 0. The number of aliphatic hydroxyl groups is 1. The van der Waals surface area contributed by atoms with Gasteiger partial charge in [-0.1, -0.05) is 20.8 Å². The highest BCUT2D eigenvalue weighted by atomic mass is 32.1. The average Bonchev–Trinajstić information content (AvgIpc) is 2.88. The highest BCUT2D eigenvalue weighted by Gasteiger charge is 2.31. The van der Waals surface area contributed by atoms with Crippen molar-refractivity contribution in [3.05, 3.63) is 16.1 Å². The summed E-state index contributed by atoms with van der Waals surface area (Å²) in [4.78, 5) is 19.6. The van der Waals surface area contributed by atoms with Crippen molar-refractivity contribution in [1.82, 2.24) is 9.88 Å². The maximum atomic E-state index is 12.6. The Kier molecular flexibility index (Phi) is 4.49. The van der Waals surface area contributed by atoms with E-state index < -0.39 is 0 Å². The number of rotatable bonds is 2. The second-order valence-electron chi connectivity index (χ2n) is 6.71. The van der Waals surface area contributed by atoms with Crippen molar-refractivity contribution >= 4 is 17.2 Å². The van der Waals surface area contributed by atoms with Crippen LogP contribution in [0.5, 0.6) is 0 Å². The Labute approximate surface area is 124 Å². The minimum absolute atomic E-state index is 0.0235. The van der Waals surface area contributed by atoms with Crippen LogP contribution >= 0.6 is 11.3 Å². The average molecular weight is 296 g/mol. The number of carbonyl (C=O) groups is 1. The van der Waals surface area contributed by atoms with E-state index in [-0.39, 0.29) is 29.9 Å². The molecule has 1 aliphatic heterocycles. The molecule has 5 heteroatoms. The number of nitrogens with zero attached hydrogens (tertiary/aromatic N) is 2. The molecule has 1 saturated heterocycles. The zero-order chi connectivity index (χ0) is 14.9. The fourth-order valence-electron chi connectivity index (χ4n) is 2.48. The Bertz CT molecular complexity index is 478. The molecule has 0 aliphatic carbocycles. The zero-order valence-electron chi connectivity index (χ0n) is 12.7. The Morgan fingerprint density at radius 2 is 2.20 bits per heavy atom. The first kappa shape index (κ1) is 15.4. The van der Waals surface area contributed by atoms with Gasteiger partial charge in [0, 0.05) is 24.6 Å². The highest BCUT2D eigenvalue weighted by molar-refractivity contribution is 7.13. The number of carbonyl (C=O) groups excluding carboxylic acids is 1. The summed E-state index contributed by atoms with van der Waals surface area (Å²) < 4.78 is 0. The van der Waals surface area contributed by atoms with Crippen LogP contribution in [0.4, 0.5) is 0 Å². The van der Waals surface area contributed by atoms with E-state index in [2.05, 4.69) is 32.7 Å². The zero-order valence-corrected chi connectivity index (χ0v) is 13.5. The molecule has 0 bridgehead atoms. The first-order valence-electron chi connectivity index (χ1n) is 7.21. The van der Waals surface area contributed by atoms with Gasteiger partial charge in [-0.2, -0.15) is 0 Å². The van der Waals surface area contributed by atoms with E-state index in [0.717, 1.165) is 17.8 Å². The Hall–Kier alpha value is -0.940. The summed E-state index contributed by atoms with van der Waals surface area (Å²) in [6, 6.07) is 0.241. The summed E-state index contributed by atoms with van der Waals surface area (Å²) in [5.74, 6) is 0.272. The molecule has 1 aliphatic rings. The third-order valence-electron chi connectivity index (χ3n) is 3.86. The maximum absolute atomic E-state index is 12.6. The fraction of sp³-hybridized carbons (Fsp3) is 0.733. The predicted octanol–water partition coefficient (Wildman–Crippen LogP) is 2.67. The van der Waals surface area contributed by atoms with Crippen molar-refractivity contribution in [2.45, 2.75) is 52.0 Å². The van der Waals surface area contributed by atoms with Crippen LogP contribution in [0.2, 0.25) is 0 Å². The first-order valence-corrected chi connectivity index (χ1v) is 8.02. The molecule has 20 heavy (non-hydrogen) atoms. The van der Waals surface area contributed by atoms with Gasteiger partial charge >= 0.3 is 0 Å². The van der Waals surface area contributed by atoms with Crippen molar-refractivity contribution in [2.75, 3.05) is 13.2 Å². The van der Waals surface area contributed by atoms with Gasteiger partial charge in [0.05, 0.1) is 11.2 Å². The highest BCUT2D eigenvalue weighted by Crippen LogP contribution is 2.29. The first-order chi connectivity index (χ1) is 9.32. The van der Waals surface area contributed by atoms with Crippen LogP contribution in [0.1, 0.15) is 55.2 Å². The number of likely N-dealkylation sites (tertiary alicyclic amines) is 1. The van der Waals surface area contributed by atoms with E-state index in [0.29, 0.717) is 11.4 Å². The van der Waals surface area contributed by atoms with Crippen LogP contribution in [-0.4, -0.2) is 40.1 Å². The second kappa shape index (κ2) is 5.82. The standard InChI is InChI=1S/C15H24N2O2S/c1-10-5-6-11(9-18)8-17(10)13(19)12-7-16-14(20-12)15(2,3)4/h7,10-11,18H,5-6,8-9H2,1-4H3. The molecule has 1 fully saturated rings. The van der Waals surface area contributed by atoms with Gasteiger partial charge in [0.25, 0.3) is 5.91 Å². The van der Waals surface area contributed by atoms with Crippen molar-refractivity contribution in [3.63, 3.8) is 0 Å². The van der Waals surface area contributed by atoms with Gasteiger partial charge in [-0.3, -0.25) is 4.79 Å². The summed E-state index contributed by atoms with van der Waals surface area (Å²) in [6.45, 7) is 9.20. The molecule has 4 nitrogen and oxygen atoms in total. The van der Waals surface area contributed by atoms with E-state index in [1.807, 2.05) is 4.90 Å². The monoisotopic (exact) mass is 296 g/mol. The molecule has 1 amide bonds. The lowest BCUT2D eigenvalue weighted by molar-refractivity contribution is 0.0493. The van der Waals surface area contributed by atoms with Crippen LogP contribution in [0, 0.1) is 5.92 Å². The minimum Gasteiger partial charge on any atom is -0.396 e. The number of thiazole rings is 1. The van der Waals surface area contributed by atoms with Crippen LogP contribution in [-0.2, 0) is 5.41 Å². The molecule has 0 aromatic carbocycles. The van der Waals surface area contributed by atoms with Crippen LogP contribution < -0.4 is 0 Å². The second-order valence-corrected chi connectivity index (χ2v) is 7.74. The lowest BCUT2D eigenvalue weighted by Crippen LogP contribution is -2.46. The van der Waals surface area contributed by atoms with Gasteiger partial charge in [0.2, 0.25) is 0 Å². The molecule has 1 N–H and O–H groups in total. The van der Waals surface area contributed by atoms with Crippen LogP contribution in [0.25, 0.3) is 0 Å². The van der Waals surface area contributed by atoms with Gasteiger partial charge in [-0.25, -0.2) is 4.98 Å². The van der Waals surface area contributed by atoms with E-state index in [1.54, 1.807) is 6.20 Å². The molecule has 2 rings (SSSR count). The molecule has 2 atom stereocenters. The smallest absolute Gasteiger partial charge is 0.265 e. The fourth-order valence-corrected chi connectivity index (χ4v) is 3.41. The summed E-state index contributed by atoms with van der Waals surface area (Å²) in [6.07, 6.45) is 3.65. The van der Waals surface area contributed by atoms with Gasteiger partial charge in [0.15, 0.2) is 0 Å².